The van der Waals surface area contributed by atoms with Crippen LogP contribution in [0.1, 0.15) is 59.2 Å². The Balaban J connectivity index is 1.25. The zero-order chi connectivity index (χ0) is 24.0. The molecule has 11 nitrogen and oxygen atoms in total. The van der Waals surface area contributed by atoms with Gasteiger partial charge in [-0.25, -0.2) is 9.59 Å². The van der Waals surface area contributed by atoms with Crippen molar-refractivity contribution in [2.45, 2.75) is 44.6 Å². The van der Waals surface area contributed by atoms with E-state index in [0.717, 1.165) is 12.8 Å². The number of benzene rings is 1. The van der Waals surface area contributed by atoms with Crippen LogP contribution >= 0.6 is 0 Å². The predicted molar refractivity (Wildman–Crippen MR) is 111 cm³/mol. The molecule has 0 saturated heterocycles. The quantitative estimate of drug-likeness (QED) is 0.250. The summed E-state index contributed by atoms with van der Waals surface area (Å²) < 4.78 is 52.0. The number of furan rings is 2. The molecule has 0 radical (unpaired) electrons. The van der Waals surface area contributed by atoms with E-state index < -0.39 is 45.3 Å². The van der Waals surface area contributed by atoms with E-state index in [1.54, 1.807) is 0 Å². The molecule has 4 fully saturated rings. The number of hydrogen-bond acceptors (Lipinski definition) is 10. The van der Waals surface area contributed by atoms with Crippen LogP contribution in [0.4, 0.5) is 0 Å². The van der Waals surface area contributed by atoms with Gasteiger partial charge >= 0.3 is 17.9 Å². The van der Waals surface area contributed by atoms with Gasteiger partial charge in [0, 0.05) is 0 Å². The van der Waals surface area contributed by atoms with E-state index in [1.807, 2.05) is 0 Å². The lowest BCUT2D eigenvalue weighted by Crippen LogP contribution is -2.57. The lowest BCUT2D eigenvalue weighted by molar-refractivity contribution is -0.175. The van der Waals surface area contributed by atoms with Crippen LogP contribution in [-0.2, 0) is 19.6 Å². The molecule has 5 aliphatic rings. The molecule has 12 heteroatoms. The minimum atomic E-state index is -4.20. The van der Waals surface area contributed by atoms with Gasteiger partial charge in [-0.05, 0) is 56.3 Å². The van der Waals surface area contributed by atoms with Crippen molar-refractivity contribution in [1.29, 1.82) is 0 Å². The maximum Gasteiger partial charge on any atom is 0.348 e. The second-order valence-corrected chi connectivity index (χ2v) is 11.5. The molecular formula is C22H22O11S. The molecule has 2 atom stereocenters. The van der Waals surface area contributed by atoms with Gasteiger partial charge in [-0.1, -0.05) is 0 Å². The van der Waals surface area contributed by atoms with E-state index >= 15 is 0 Å². The van der Waals surface area contributed by atoms with Crippen molar-refractivity contribution < 1.29 is 51.1 Å². The van der Waals surface area contributed by atoms with Crippen molar-refractivity contribution in [3.05, 3.63) is 11.1 Å². The van der Waals surface area contributed by atoms with Gasteiger partial charge in [-0.15, -0.1) is 0 Å². The summed E-state index contributed by atoms with van der Waals surface area (Å²) in [5, 5.41) is 10.5. The number of carbonyl (C=O) groups excluding carboxylic acids is 3. The molecule has 0 spiro atoms. The summed E-state index contributed by atoms with van der Waals surface area (Å²) in [5.41, 5.74) is -1.24. The Labute approximate surface area is 193 Å². The first-order chi connectivity index (χ1) is 16.1. The van der Waals surface area contributed by atoms with Crippen LogP contribution in [-0.4, -0.2) is 54.4 Å². The van der Waals surface area contributed by atoms with E-state index in [2.05, 4.69) is 0 Å². The Morgan fingerprint density at radius 2 is 1.82 bits per heavy atom. The van der Waals surface area contributed by atoms with Crippen LogP contribution in [0.25, 0.3) is 11.2 Å². The summed E-state index contributed by atoms with van der Waals surface area (Å²) in [5.74, 6) is -2.60. The average Bonchev–Trinajstić information content (AvgIpc) is 3.37. The van der Waals surface area contributed by atoms with Gasteiger partial charge in [0.15, 0.2) is 11.2 Å². The van der Waals surface area contributed by atoms with Crippen molar-refractivity contribution in [1.82, 2.24) is 0 Å². The van der Waals surface area contributed by atoms with Gasteiger partial charge in [-0.3, -0.25) is 9.35 Å². The van der Waals surface area contributed by atoms with Gasteiger partial charge in [0.1, 0.15) is 11.1 Å². The Morgan fingerprint density at radius 3 is 2.50 bits per heavy atom. The summed E-state index contributed by atoms with van der Waals surface area (Å²) >= 11 is 0. The second-order valence-electron chi connectivity index (χ2n) is 9.96. The van der Waals surface area contributed by atoms with E-state index in [4.69, 9.17) is 23.2 Å². The lowest BCUT2D eigenvalue weighted by atomic mass is 9.48. The molecule has 6 bridgehead atoms. The van der Waals surface area contributed by atoms with Gasteiger partial charge in [0.25, 0.3) is 10.1 Å². The molecule has 0 aromatic carbocycles. The molecule has 7 rings (SSSR count). The first-order valence-electron chi connectivity index (χ1n) is 11.2. The molecule has 34 heavy (non-hydrogen) atoms. The van der Waals surface area contributed by atoms with Crippen LogP contribution < -0.4 is 9.47 Å². The summed E-state index contributed by atoms with van der Waals surface area (Å²) in [6.45, 7) is -0.325. The standard InChI is InChI=1S/C22H22O11S/c23-14-10-4-9-5-11(14)8-22(6-9,7-10)21(26)33-18-15-12(13-16(31-15)17(18)32-20(13)25)19(24)30-2-1-3-34(27,28)29/h9-11,14,23H,1-8H2,(H,27,28,29). The van der Waals surface area contributed by atoms with Crippen molar-refractivity contribution in [3.63, 3.8) is 0 Å². The minimum Gasteiger partial charge on any atom is -0.462 e. The van der Waals surface area contributed by atoms with Crippen LogP contribution in [0.3, 0.4) is 0 Å². The smallest absolute Gasteiger partial charge is 0.348 e. The SMILES string of the molecule is O=C1Oc2c(OC(=O)C34CC5CC(C3)C(O)C(C5)C4)c3oc2c1c3C(=O)OCCCS(=O)(=O)O. The molecule has 2 unspecified atom stereocenters. The maximum absolute atomic E-state index is 13.4. The zero-order valence-corrected chi connectivity index (χ0v) is 18.8. The minimum absolute atomic E-state index is 0.00591. The van der Waals surface area contributed by atoms with Crippen molar-refractivity contribution in [2.24, 2.45) is 23.2 Å². The summed E-state index contributed by atoms with van der Waals surface area (Å²) in [6, 6.07) is 0. The van der Waals surface area contributed by atoms with E-state index in [0.29, 0.717) is 25.2 Å². The second kappa shape index (κ2) is 7.15. The number of ether oxygens (including phenoxy) is 3. The molecule has 3 heterocycles. The number of carbonyl (C=O) groups is 3. The fourth-order valence-electron chi connectivity index (χ4n) is 6.60. The first-order valence-corrected chi connectivity index (χ1v) is 12.8. The van der Waals surface area contributed by atoms with Crippen LogP contribution in [0.15, 0.2) is 4.42 Å². The molecule has 2 aromatic heterocycles. The normalized spacial score (nSPS) is 31.3. The van der Waals surface area contributed by atoms with Crippen LogP contribution in [0.5, 0.6) is 11.5 Å². The third-order valence-electron chi connectivity index (χ3n) is 7.76. The molecule has 182 valence electrons. The van der Waals surface area contributed by atoms with Crippen molar-refractivity contribution >= 4 is 39.2 Å². The third kappa shape index (κ3) is 3.15. The number of aliphatic hydroxyl groups is 1. The zero-order valence-electron chi connectivity index (χ0n) is 17.9. The number of rotatable bonds is 7. The highest BCUT2D eigenvalue weighted by atomic mass is 32.2. The molecule has 2 N–H and O–H groups in total. The lowest BCUT2D eigenvalue weighted by Gasteiger charge is -2.57. The van der Waals surface area contributed by atoms with Gasteiger partial charge in [0.05, 0.1) is 23.9 Å². The van der Waals surface area contributed by atoms with Crippen molar-refractivity contribution in [2.75, 3.05) is 12.4 Å². The number of fused-ring (bicyclic) bond motifs is 1. The van der Waals surface area contributed by atoms with E-state index in [1.165, 1.54) is 0 Å². The molecule has 4 aliphatic carbocycles. The topological polar surface area (TPSA) is 167 Å². The molecule has 1 aliphatic heterocycles. The fourth-order valence-corrected chi connectivity index (χ4v) is 7.09. The average molecular weight is 494 g/mol. The first kappa shape index (κ1) is 21.8. The predicted octanol–water partition coefficient (Wildman–Crippen LogP) is 1.93. The largest absolute Gasteiger partial charge is 0.462 e. The molecule has 0 amide bonds. The monoisotopic (exact) mass is 494 g/mol. The van der Waals surface area contributed by atoms with Crippen molar-refractivity contribution in [3.8, 4) is 11.5 Å². The Kier molecular flexibility index (Phi) is 4.59. The highest BCUT2D eigenvalue weighted by Gasteiger charge is 2.59. The summed E-state index contributed by atoms with van der Waals surface area (Å²) in [6.07, 6.45) is 2.97. The Hall–Kier alpha value is -2.70. The third-order valence-corrected chi connectivity index (χ3v) is 8.57. The number of hydrogen-bond donors (Lipinski definition) is 2. The molecule has 2 aromatic rings. The highest BCUT2D eigenvalue weighted by molar-refractivity contribution is 7.85. The van der Waals surface area contributed by atoms with Gasteiger partial charge < -0.3 is 23.7 Å². The number of esters is 3. The Morgan fingerprint density at radius 1 is 1.12 bits per heavy atom. The molecule has 4 saturated carbocycles. The van der Waals surface area contributed by atoms with E-state index in [9.17, 15) is 27.9 Å². The van der Waals surface area contributed by atoms with Crippen LogP contribution in [0.2, 0.25) is 0 Å². The molecular weight excluding hydrogens is 472 g/mol. The van der Waals surface area contributed by atoms with Crippen LogP contribution in [0, 0.1) is 23.2 Å². The number of aliphatic hydroxyl groups excluding tert-OH is 1. The van der Waals surface area contributed by atoms with E-state index in [-0.39, 0.29) is 58.7 Å². The summed E-state index contributed by atoms with van der Waals surface area (Å²) in [4.78, 5) is 38.4. The summed E-state index contributed by atoms with van der Waals surface area (Å²) in [7, 11) is -4.20. The van der Waals surface area contributed by atoms with Gasteiger partial charge in [0.2, 0.25) is 11.5 Å². The highest BCUT2D eigenvalue weighted by Crippen LogP contribution is 2.61. The maximum atomic E-state index is 13.4. The Bertz CT molecular complexity index is 1310. The van der Waals surface area contributed by atoms with Gasteiger partial charge in [-0.2, -0.15) is 8.42 Å². The fraction of sp³-hybridized carbons (Fsp3) is 0.591.